The zero-order chi connectivity index (χ0) is 21.8. The number of carbonyl (C=O) groups excluding carboxylic acids is 3. The van der Waals surface area contributed by atoms with Gasteiger partial charge >= 0.3 is 6.03 Å². The van der Waals surface area contributed by atoms with E-state index < -0.39 is 0 Å². The predicted octanol–water partition coefficient (Wildman–Crippen LogP) is 3.33. The lowest BCUT2D eigenvalue weighted by Crippen LogP contribution is -2.29. The Labute approximate surface area is 182 Å². The summed E-state index contributed by atoms with van der Waals surface area (Å²) in [5.41, 5.74) is 4.06. The molecule has 1 saturated heterocycles. The third-order valence-corrected chi connectivity index (χ3v) is 5.65. The molecule has 2 aromatic rings. The summed E-state index contributed by atoms with van der Waals surface area (Å²) in [5, 5.41) is 8.66. The molecule has 2 fully saturated rings. The molecule has 1 aliphatic heterocycles. The van der Waals surface area contributed by atoms with Gasteiger partial charge in [-0.3, -0.25) is 9.59 Å². The van der Waals surface area contributed by atoms with Crippen LogP contribution in [0.15, 0.2) is 42.5 Å². The highest BCUT2D eigenvalue weighted by Gasteiger charge is 2.24. The highest BCUT2D eigenvalue weighted by atomic mass is 16.2. The van der Waals surface area contributed by atoms with E-state index in [0.29, 0.717) is 30.8 Å². The van der Waals surface area contributed by atoms with Crippen molar-refractivity contribution < 1.29 is 14.4 Å². The lowest BCUT2D eigenvalue weighted by Gasteiger charge is -2.16. The fourth-order valence-corrected chi connectivity index (χ4v) is 3.67. The van der Waals surface area contributed by atoms with Gasteiger partial charge in [-0.05, 0) is 55.0 Å². The fourth-order valence-electron chi connectivity index (χ4n) is 3.67. The van der Waals surface area contributed by atoms with Gasteiger partial charge in [-0.1, -0.05) is 30.3 Å². The summed E-state index contributed by atoms with van der Waals surface area (Å²) in [5.74, 6) is 0.0885. The summed E-state index contributed by atoms with van der Waals surface area (Å²) in [6.45, 7) is 3.67. The van der Waals surface area contributed by atoms with E-state index in [1.54, 1.807) is 12.1 Å². The Morgan fingerprint density at radius 2 is 1.90 bits per heavy atom. The summed E-state index contributed by atoms with van der Waals surface area (Å²) < 4.78 is 0. The van der Waals surface area contributed by atoms with Crippen molar-refractivity contribution in [3.63, 3.8) is 0 Å². The van der Waals surface area contributed by atoms with Gasteiger partial charge in [0.25, 0.3) is 5.91 Å². The van der Waals surface area contributed by atoms with Crippen LogP contribution in [0.3, 0.4) is 0 Å². The summed E-state index contributed by atoms with van der Waals surface area (Å²) in [4.78, 5) is 38.4. The van der Waals surface area contributed by atoms with Crippen LogP contribution in [0, 0.1) is 6.92 Å². The van der Waals surface area contributed by atoms with Gasteiger partial charge in [0.15, 0.2) is 0 Å². The zero-order valence-corrected chi connectivity index (χ0v) is 17.7. The smallest absolute Gasteiger partial charge is 0.319 e. The maximum Gasteiger partial charge on any atom is 0.319 e. The third-order valence-electron chi connectivity index (χ3n) is 5.65. The molecular weight excluding hydrogens is 392 g/mol. The van der Waals surface area contributed by atoms with E-state index in [9.17, 15) is 14.4 Å². The highest BCUT2D eigenvalue weighted by Crippen LogP contribution is 2.21. The molecule has 0 atom stereocenters. The van der Waals surface area contributed by atoms with Crippen molar-refractivity contribution in [1.82, 2.24) is 15.5 Å². The largest absolute Gasteiger partial charge is 0.349 e. The molecule has 2 aromatic carbocycles. The first-order valence-corrected chi connectivity index (χ1v) is 10.8. The Bertz CT molecular complexity index is 1000. The second kappa shape index (κ2) is 9.20. The van der Waals surface area contributed by atoms with Crippen LogP contribution in [-0.2, 0) is 17.9 Å². The van der Waals surface area contributed by atoms with E-state index in [4.69, 9.17) is 0 Å². The van der Waals surface area contributed by atoms with Crippen LogP contribution >= 0.6 is 0 Å². The first kappa shape index (κ1) is 20.9. The van der Waals surface area contributed by atoms with Crippen molar-refractivity contribution in [2.24, 2.45) is 0 Å². The topological polar surface area (TPSA) is 90.5 Å². The van der Waals surface area contributed by atoms with Gasteiger partial charge in [0.2, 0.25) is 5.91 Å². The average Bonchev–Trinajstić information content (AvgIpc) is 3.48. The lowest BCUT2D eigenvalue weighted by molar-refractivity contribution is -0.128. The fraction of sp³-hybridized carbons (Fsp3) is 0.375. The van der Waals surface area contributed by atoms with Crippen LogP contribution in [-0.4, -0.2) is 35.3 Å². The molecule has 1 saturated carbocycles. The molecule has 7 heteroatoms. The van der Waals surface area contributed by atoms with Crippen molar-refractivity contribution in [2.45, 2.75) is 51.7 Å². The Hall–Kier alpha value is -3.35. The number of likely N-dealkylation sites (tertiary alicyclic amines) is 1. The van der Waals surface area contributed by atoms with Crippen LogP contribution < -0.4 is 16.0 Å². The molecule has 0 aromatic heterocycles. The number of hydrogen-bond acceptors (Lipinski definition) is 3. The van der Waals surface area contributed by atoms with E-state index in [1.165, 1.54) is 0 Å². The monoisotopic (exact) mass is 420 g/mol. The minimum Gasteiger partial charge on any atom is -0.349 e. The Balaban J connectivity index is 1.32. The predicted molar refractivity (Wildman–Crippen MR) is 119 cm³/mol. The standard InChI is InChI=1S/C24H28N4O3/c1-16-7-8-19(23(30)26-20-9-10-20)13-21(16)27-24(31)25-14-17-4-2-5-18(12-17)15-28-11-3-6-22(28)29/h2,4-5,7-8,12-13,20H,3,6,9-11,14-15H2,1H3,(H,26,30)(H2,25,27,31). The minimum absolute atomic E-state index is 0.112. The van der Waals surface area contributed by atoms with Gasteiger partial charge in [-0.25, -0.2) is 4.79 Å². The second-order valence-electron chi connectivity index (χ2n) is 8.32. The van der Waals surface area contributed by atoms with E-state index in [-0.39, 0.29) is 23.9 Å². The quantitative estimate of drug-likeness (QED) is 0.642. The number of aryl methyl sites for hydroxylation is 1. The summed E-state index contributed by atoms with van der Waals surface area (Å²) >= 11 is 0. The SMILES string of the molecule is Cc1ccc(C(=O)NC2CC2)cc1NC(=O)NCc1cccc(CN2CCCC2=O)c1. The van der Waals surface area contributed by atoms with Crippen molar-refractivity contribution in [2.75, 3.05) is 11.9 Å². The molecule has 2 aliphatic rings. The van der Waals surface area contributed by atoms with Gasteiger partial charge in [0.1, 0.15) is 0 Å². The first-order valence-electron chi connectivity index (χ1n) is 10.8. The number of hydrogen-bond donors (Lipinski definition) is 3. The molecule has 0 spiro atoms. The normalized spacial score (nSPS) is 15.6. The van der Waals surface area contributed by atoms with Gasteiger partial charge in [-0.2, -0.15) is 0 Å². The van der Waals surface area contributed by atoms with Crippen LogP contribution in [0.4, 0.5) is 10.5 Å². The number of carbonyl (C=O) groups is 3. The number of urea groups is 1. The number of benzene rings is 2. The number of amides is 4. The first-order chi connectivity index (χ1) is 15.0. The molecule has 1 heterocycles. The van der Waals surface area contributed by atoms with E-state index in [2.05, 4.69) is 16.0 Å². The summed E-state index contributed by atoms with van der Waals surface area (Å²) in [6.07, 6.45) is 3.61. The van der Waals surface area contributed by atoms with Crippen LogP contribution in [0.25, 0.3) is 0 Å². The minimum atomic E-state index is -0.331. The van der Waals surface area contributed by atoms with Crippen molar-refractivity contribution in [3.8, 4) is 0 Å². The Kier molecular flexibility index (Phi) is 6.21. The van der Waals surface area contributed by atoms with Gasteiger partial charge in [-0.15, -0.1) is 0 Å². The molecule has 4 amide bonds. The maximum absolute atomic E-state index is 12.4. The van der Waals surface area contributed by atoms with Crippen molar-refractivity contribution in [1.29, 1.82) is 0 Å². The van der Waals surface area contributed by atoms with Gasteiger partial charge in [0, 0.05) is 43.3 Å². The summed E-state index contributed by atoms with van der Waals surface area (Å²) in [6, 6.07) is 13.2. The number of nitrogens with one attached hydrogen (secondary N) is 3. The van der Waals surface area contributed by atoms with Crippen LogP contribution in [0.5, 0.6) is 0 Å². The number of rotatable bonds is 7. The Morgan fingerprint density at radius 3 is 2.65 bits per heavy atom. The Morgan fingerprint density at radius 1 is 1.10 bits per heavy atom. The molecule has 0 radical (unpaired) electrons. The van der Waals surface area contributed by atoms with Crippen LogP contribution in [0.2, 0.25) is 0 Å². The average molecular weight is 421 g/mol. The van der Waals surface area contributed by atoms with Gasteiger partial charge < -0.3 is 20.9 Å². The molecule has 162 valence electrons. The zero-order valence-electron chi connectivity index (χ0n) is 17.7. The highest BCUT2D eigenvalue weighted by molar-refractivity contribution is 5.97. The van der Waals surface area contributed by atoms with Gasteiger partial charge in [0.05, 0.1) is 0 Å². The molecule has 3 N–H and O–H groups in total. The van der Waals surface area contributed by atoms with Crippen molar-refractivity contribution >= 4 is 23.5 Å². The van der Waals surface area contributed by atoms with E-state index in [1.807, 2.05) is 42.2 Å². The third kappa shape index (κ3) is 5.63. The molecule has 31 heavy (non-hydrogen) atoms. The molecule has 0 bridgehead atoms. The lowest BCUT2D eigenvalue weighted by atomic mass is 10.1. The number of nitrogens with zero attached hydrogens (tertiary/aromatic N) is 1. The molecule has 1 aliphatic carbocycles. The maximum atomic E-state index is 12.4. The number of anilines is 1. The molecular formula is C24H28N4O3. The molecule has 7 nitrogen and oxygen atoms in total. The molecule has 4 rings (SSSR count). The van der Waals surface area contributed by atoms with Crippen molar-refractivity contribution in [3.05, 3.63) is 64.7 Å². The van der Waals surface area contributed by atoms with E-state index >= 15 is 0 Å². The molecule has 0 unspecified atom stereocenters. The van der Waals surface area contributed by atoms with Crippen LogP contribution in [0.1, 0.15) is 52.7 Å². The van der Waals surface area contributed by atoms with E-state index in [0.717, 1.165) is 42.5 Å². The summed E-state index contributed by atoms with van der Waals surface area (Å²) in [7, 11) is 0. The second-order valence-corrected chi connectivity index (χ2v) is 8.32.